The molecule has 0 fully saturated rings. The van der Waals surface area contributed by atoms with Gasteiger partial charge in [-0.1, -0.05) is 12.1 Å². The summed E-state index contributed by atoms with van der Waals surface area (Å²) in [6, 6.07) is 13.3. The van der Waals surface area contributed by atoms with E-state index in [-0.39, 0.29) is 22.1 Å². The van der Waals surface area contributed by atoms with E-state index in [9.17, 15) is 31.2 Å². The van der Waals surface area contributed by atoms with Gasteiger partial charge in [0.2, 0.25) is 10.0 Å². The molecule has 1 aromatic heterocycles. The first-order valence-corrected chi connectivity index (χ1v) is 11.6. The smallest absolute Gasteiger partial charge is 0.435 e. The molecule has 0 saturated carbocycles. The molecular weight excluding hydrogens is 503 g/mol. The van der Waals surface area contributed by atoms with E-state index in [1.165, 1.54) is 31.4 Å². The van der Waals surface area contributed by atoms with Gasteiger partial charge in [0.15, 0.2) is 5.71 Å². The normalized spacial score (nSPS) is 15.4. The lowest BCUT2D eigenvalue weighted by atomic mass is 10.1. The number of amides is 1. The first kappa shape index (κ1) is 24.9. The molecule has 9 nitrogen and oxygen atoms in total. The number of hydrazone groups is 1. The zero-order valence-corrected chi connectivity index (χ0v) is 19.1. The highest BCUT2D eigenvalue weighted by Gasteiger charge is 2.47. The second-order valence-corrected chi connectivity index (χ2v) is 8.99. The highest BCUT2D eigenvalue weighted by molar-refractivity contribution is 7.89. The van der Waals surface area contributed by atoms with Gasteiger partial charge in [0.05, 0.1) is 28.8 Å². The van der Waals surface area contributed by atoms with Crippen LogP contribution in [0.3, 0.4) is 0 Å². The SMILES string of the molecule is COC(=O)c1ccc(-c2ccc(/C=C3\C(=O)N(c4ccc(S(N)(=O)=O)cc4)N=C3C(F)(F)F)o2)cc1. The third-order valence-electron chi connectivity index (χ3n) is 5.06. The standard InChI is InChI=1S/C23H16F3N3O6S/c1-34-22(31)14-4-2-13(3-5-14)19-11-8-16(35-19)12-18-20(23(24,25)26)28-29(21(18)30)15-6-9-17(10-7-15)36(27,32)33/h2-12H,1H3,(H2,27,32,33)/b18-12-. The van der Waals surface area contributed by atoms with Gasteiger partial charge < -0.3 is 9.15 Å². The third kappa shape index (κ3) is 4.92. The molecule has 0 atom stereocenters. The van der Waals surface area contributed by atoms with Crippen molar-refractivity contribution in [3.8, 4) is 11.3 Å². The summed E-state index contributed by atoms with van der Waals surface area (Å²) >= 11 is 0. The third-order valence-corrected chi connectivity index (χ3v) is 5.99. The van der Waals surface area contributed by atoms with Crippen molar-refractivity contribution in [3.05, 3.63) is 77.6 Å². The number of ether oxygens (including phenoxy) is 1. The zero-order chi connectivity index (χ0) is 26.3. The summed E-state index contributed by atoms with van der Waals surface area (Å²) in [5.41, 5.74) is -1.46. The van der Waals surface area contributed by atoms with E-state index in [2.05, 4.69) is 9.84 Å². The number of esters is 1. The number of carbonyl (C=O) groups is 2. The Morgan fingerprint density at radius 3 is 2.25 bits per heavy atom. The van der Waals surface area contributed by atoms with Gasteiger partial charge in [0.25, 0.3) is 5.91 Å². The molecule has 186 valence electrons. The van der Waals surface area contributed by atoms with Crippen molar-refractivity contribution in [1.82, 2.24) is 0 Å². The van der Waals surface area contributed by atoms with Gasteiger partial charge in [-0.15, -0.1) is 0 Å². The fourth-order valence-electron chi connectivity index (χ4n) is 3.32. The zero-order valence-electron chi connectivity index (χ0n) is 18.3. The van der Waals surface area contributed by atoms with E-state index >= 15 is 0 Å². The molecule has 0 saturated heterocycles. The van der Waals surface area contributed by atoms with E-state index in [4.69, 9.17) is 9.56 Å². The first-order chi connectivity index (χ1) is 16.9. The van der Waals surface area contributed by atoms with Gasteiger partial charge in [-0.05, 0) is 54.6 Å². The van der Waals surface area contributed by atoms with Crippen LogP contribution in [0.2, 0.25) is 0 Å². The molecule has 2 aromatic carbocycles. The minimum absolute atomic E-state index is 0.0474. The lowest BCUT2D eigenvalue weighted by Crippen LogP contribution is -2.25. The van der Waals surface area contributed by atoms with Crippen LogP contribution in [0.25, 0.3) is 17.4 Å². The second-order valence-electron chi connectivity index (χ2n) is 7.43. The molecule has 36 heavy (non-hydrogen) atoms. The maximum Gasteiger partial charge on any atom is 0.435 e. The summed E-state index contributed by atoms with van der Waals surface area (Å²) in [6.07, 6.45) is -4.05. The molecule has 1 amide bonds. The van der Waals surface area contributed by atoms with Crippen LogP contribution in [0.1, 0.15) is 16.1 Å². The van der Waals surface area contributed by atoms with Crippen molar-refractivity contribution in [3.63, 3.8) is 0 Å². The highest BCUT2D eigenvalue weighted by atomic mass is 32.2. The molecule has 4 rings (SSSR count). The summed E-state index contributed by atoms with van der Waals surface area (Å²) in [5, 5.41) is 8.95. The Labute approximate surface area is 202 Å². The molecule has 0 radical (unpaired) electrons. The number of methoxy groups -OCH3 is 1. The molecule has 1 aliphatic rings. The predicted molar refractivity (Wildman–Crippen MR) is 122 cm³/mol. The van der Waals surface area contributed by atoms with Gasteiger partial charge in [-0.3, -0.25) is 4.79 Å². The lowest BCUT2D eigenvalue weighted by Gasteiger charge is -2.11. The Hall–Kier alpha value is -4.23. The molecule has 13 heteroatoms. The number of nitrogens with zero attached hydrogens (tertiary/aromatic N) is 2. The summed E-state index contributed by atoms with van der Waals surface area (Å²) < 4.78 is 74.1. The number of carbonyl (C=O) groups excluding carboxylic acids is 2. The molecule has 1 aliphatic heterocycles. The van der Waals surface area contributed by atoms with Crippen LogP contribution in [0.5, 0.6) is 0 Å². The van der Waals surface area contributed by atoms with Crippen molar-refractivity contribution < 1.29 is 40.3 Å². The van der Waals surface area contributed by atoms with Crippen LogP contribution in [0, 0.1) is 0 Å². The number of hydrogen-bond donors (Lipinski definition) is 1. The van der Waals surface area contributed by atoms with E-state index < -0.39 is 39.4 Å². The van der Waals surface area contributed by atoms with E-state index in [0.717, 1.165) is 30.3 Å². The number of anilines is 1. The fraction of sp³-hybridized carbons (Fsp3) is 0.0870. The van der Waals surface area contributed by atoms with Crippen molar-refractivity contribution in [1.29, 1.82) is 0 Å². The number of benzene rings is 2. The molecule has 2 heterocycles. The minimum Gasteiger partial charge on any atom is -0.465 e. The first-order valence-electron chi connectivity index (χ1n) is 10.0. The fourth-order valence-corrected chi connectivity index (χ4v) is 3.84. The van der Waals surface area contributed by atoms with Crippen LogP contribution in [0.4, 0.5) is 18.9 Å². The van der Waals surface area contributed by atoms with Gasteiger partial charge >= 0.3 is 12.1 Å². The highest BCUT2D eigenvalue weighted by Crippen LogP contribution is 2.33. The number of sulfonamides is 1. The topological polar surface area (TPSA) is 132 Å². The van der Waals surface area contributed by atoms with E-state index in [1.54, 1.807) is 12.1 Å². The van der Waals surface area contributed by atoms with Crippen molar-refractivity contribution in [2.24, 2.45) is 10.2 Å². The van der Waals surface area contributed by atoms with E-state index in [0.29, 0.717) is 16.1 Å². The van der Waals surface area contributed by atoms with Crippen LogP contribution < -0.4 is 10.1 Å². The number of primary sulfonamides is 1. The lowest BCUT2D eigenvalue weighted by molar-refractivity contribution is -0.114. The maximum absolute atomic E-state index is 13.7. The number of hydrogen-bond acceptors (Lipinski definition) is 7. The largest absolute Gasteiger partial charge is 0.465 e. The van der Waals surface area contributed by atoms with Crippen LogP contribution in [-0.2, 0) is 19.6 Å². The molecule has 2 N–H and O–H groups in total. The average Bonchev–Trinajstić information content (AvgIpc) is 3.43. The molecular formula is C23H16F3N3O6S. The van der Waals surface area contributed by atoms with Gasteiger partial charge in [-0.2, -0.15) is 23.3 Å². The molecule has 0 unspecified atom stereocenters. The number of furan rings is 1. The van der Waals surface area contributed by atoms with Crippen molar-refractivity contribution >= 4 is 39.4 Å². The molecule has 3 aromatic rings. The summed E-state index contributed by atoms with van der Waals surface area (Å²) in [6.45, 7) is 0. The van der Waals surface area contributed by atoms with E-state index in [1.807, 2.05) is 0 Å². The Kier molecular flexibility index (Phi) is 6.28. The molecule has 0 bridgehead atoms. The maximum atomic E-state index is 13.7. The Balaban J connectivity index is 1.66. The average molecular weight is 519 g/mol. The van der Waals surface area contributed by atoms with Crippen molar-refractivity contribution in [2.45, 2.75) is 11.1 Å². The Morgan fingerprint density at radius 1 is 1.06 bits per heavy atom. The van der Waals surface area contributed by atoms with Crippen LogP contribution in [-0.4, -0.2) is 39.3 Å². The summed E-state index contributed by atoms with van der Waals surface area (Å²) in [5.74, 6) is -1.39. The van der Waals surface area contributed by atoms with Gasteiger partial charge in [0.1, 0.15) is 11.5 Å². The van der Waals surface area contributed by atoms with Gasteiger partial charge in [0, 0.05) is 5.56 Å². The minimum atomic E-state index is -4.96. The van der Waals surface area contributed by atoms with Gasteiger partial charge in [-0.25, -0.2) is 18.4 Å². The Morgan fingerprint density at radius 2 is 1.69 bits per heavy atom. The van der Waals surface area contributed by atoms with Crippen LogP contribution in [0.15, 0.2) is 80.7 Å². The quantitative estimate of drug-likeness (QED) is 0.404. The monoisotopic (exact) mass is 519 g/mol. The number of alkyl halides is 3. The summed E-state index contributed by atoms with van der Waals surface area (Å²) in [4.78, 5) is 24.2. The predicted octanol–water partition coefficient (Wildman–Crippen LogP) is 3.73. The Bertz CT molecular complexity index is 1510. The number of rotatable bonds is 5. The number of nitrogens with two attached hydrogens (primary N) is 1. The molecule has 0 spiro atoms. The second kappa shape index (κ2) is 9.09. The van der Waals surface area contributed by atoms with Crippen LogP contribution >= 0.6 is 0 Å². The molecule has 0 aliphatic carbocycles. The summed E-state index contributed by atoms with van der Waals surface area (Å²) in [7, 11) is -2.79. The van der Waals surface area contributed by atoms with Crippen molar-refractivity contribution in [2.75, 3.05) is 12.1 Å². The number of halogens is 3.